The van der Waals surface area contributed by atoms with Gasteiger partial charge in [-0.2, -0.15) is 0 Å². The van der Waals surface area contributed by atoms with Gasteiger partial charge in [0.25, 0.3) is 0 Å². The molecule has 1 fully saturated rings. The number of nitrogens with zero attached hydrogens (tertiary/aromatic N) is 5. The van der Waals surface area contributed by atoms with Crippen molar-refractivity contribution in [2.24, 2.45) is 0 Å². The van der Waals surface area contributed by atoms with E-state index in [0.717, 1.165) is 19.7 Å². The second-order valence-electron chi connectivity index (χ2n) is 5.80. The van der Waals surface area contributed by atoms with Crippen LogP contribution in [0.1, 0.15) is 18.7 Å². The lowest BCUT2D eigenvalue weighted by molar-refractivity contribution is -0.0947. The Kier molecular flexibility index (Phi) is 4.21. The van der Waals surface area contributed by atoms with E-state index in [1.807, 2.05) is 6.07 Å². The highest BCUT2D eigenvalue weighted by Crippen LogP contribution is 2.17. The molecule has 0 unspecified atom stereocenters. The molecule has 0 spiro atoms. The second-order valence-corrected chi connectivity index (χ2v) is 7.20. The summed E-state index contributed by atoms with van der Waals surface area (Å²) in [5.41, 5.74) is -0.118. The smallest absolute Gasteiger partial charge is 0.217 e. The Bertz CT molecular complexity index is 646. The Balaban J connectivity index is 1.69. The van der Waals surface area contributed by atoms with Crippen molar-refractivity contribution in [3.8, 4) is 0 Å². The highest BCUT2D eigenvalue weighted by Gasteiger charge is 2.27. The largest absolute Gasteiger partial charge is 0.373 e. The summed E-state index contributed by atoms with van der Waals surface area (Å²) in [5, 5.41) is 10.4. The van der Waals surface area contributed by atoms with Gasteiger partial charge in [-0.05, 0) is 47.9 Å². The molecule has 0 radical (unpaired) electrons. The van der Waals surface area contributed by atoms with E-state index < -0.39 is 0 Å². The van der Waals surface area contributed by atoms with Crippen LogP contribution in [-0.2, 0) is 18.0 Å². The van der Waals surface area contributed by atoms with E-state index in [1.165, 1.54) is 4.88 Å². The number of tetrazole rings is 1. The molecule has 21 heavy (non-hydrogen) atoms. The molecule has 1 aliphatic rings. The number of rotatable bonds is 4. The summed E-state index contributed by atoms with van der Waals surface area (Å²) in [6, 6.07) is 4.11. The van der Waals surface area contributed by atoms with Crippen LogP contribution in [0.15, 0.2) is 17.5 Å². The molecule has 8 heteroatoms. The fourth-order valence-corrected chi connectivity index (χ4v) is 3.35. The van der Waals surface area contributed by atoms with Crippen LogP contribution in [0.3, 0.4) is 0 Å². The van der Waals surface area contributed by atoms with Crippen LogP contribution < -0.4 is 0 Å². The number of morpholine rings is 1. The van der Waals surface area contributed by atoms with Crippen LogP contribution in [0.4, 0.5) is 0 Å². The minimum atomic E-state index is -0.118. The highest BCUT2D eigenvalue weighted by molar-refractivity contribution is 7.71. The average molecular weight is 325 g/mol. The van der Waals surface area contributed by atoms with Crippen molar-refractivity contribution in [1.82, 2.24) is 24.7 Å². The predicted octanol–water partition coefficient (Wildman–Crippen LogP) is 1.99. The molecule has 2 aromatic heterocycles. The van der Waals surface area contributed by atoms with E-state index in [4.69, 9.17) is 17.0 Å². The molecule has 114 valence electrons. The number of ether oxygens (including phenoxy) is 1. The van der Waals surface area contributed by atoms with Crippen molar-refractivity contribution in [3.05, 3.63) is 27.2 Å². The first kappa shape index (κ1) is 14.8. The Morgan fingerprint density at radius 3 is 2.90 bits per heavy atom. The van der Waals surface area contributed by atoms with Crippen LogP contribution in [0, 0.1) is 4.77 Å². The van der Waals surface area contributed by atoms with Gasteiger partial charge >= 0.3 is 0 Å². The van der Waals surface area contributed by atoms with Gasteiger partial charge in [-0.25, -0.2) is 9.36 Å². The van der Waals surface area contributed by atoms with Crippen LogP contribution in [0.2, 0.25) is 0 Å². The maximum Gasteiger partial charge on any atom is 0.217 e. The summed E-state index contributed by atoms with van der Waals surface area (Å²) < 4.78 is 9.93. The van der Waals surface area contributed by atoms with Gasteiger partial charge in [-0.15, -0.1) is 11.3 Å². The Morgan fingerprint density at radius 2 is 2.19 bits per heavy atom. The molecule has 6 nitrogen and oxygen atoms in total. The molecule has 3 rings (SSSR count). The average Bonchev–Trinajstić information content (AvgIpc) is 3.03. The minimum Gasteiger partial charge on any atom is -0.373 e. The summed E-state index contributed by atoms with van der Waals surface area (Å²) >= 11 is 7.17. The third-order valence-corrected chi connectivity index (χ3v) is 4.70. The fraction of sp³-hybridized carbons (Fsp3) is 0.615. The summed E-state index contributed by atoms with van der Waals surface area (Å²) in [4.78, 5) is 3.52. The van der Waals surface area contributed by atoms with Gasteiger partial charge in [0.1, 0.15) is 0 Å². The first-order valence-electron chi connectivity index (χ1n) is 6.93. The molecule has 2 aromatic rings. The van der Waals surface area contributed by atoms with Crippen molar-refractivity contribution in [1.29, 1.82) is 0 Å². The van der Waals surface area contributed by atoms with Gasteiger partial charge in [0.05, 0.1) is 25.4 Å². The zero-order chi connectivity index (χ0) is 14.9. The molecule has 0 aliphatic carbocycles. The molecule has 0 saturated carbocycles. The maximum atomic E-state index is 5.72. The molecule has 0 atom stereocenters. The SMILES string of the molecule is CC1(C)CN(Cn2nnn(Cc3cccs3)c2=S)CCO1. The number of thiophene rings is 1. The lowest BCUT2D eigenvalue weighted by atomic mass is 10.1. The lowest BCUT2D eigenvalue weighted by Crippen LogP contribution is -2.48. The lowest BCUT2D eigenvalue weighted by Gasteiger charge is -2.37. The predicted molar refractivity (Wildman–Crippen MR) is 83.9 cm³/mol. The van der Waals surface area contributed by atoms with Crippen molar-refractivity contribution >= 4 is 23.6 Å². The van der Waals surface area contributed by atoms with Crippen molar-refractivity contribution < 1.29 is 4.74 Å². The zero-order valence-electron chi connectivity index (χ0n) is 12.2. The molecule has 0 aromatic carbocycles. The third-order valence-electron chi connectivity index (χ3n) is 3.42. The van der Waals surface area contributed by atoms with Crippen molar-refractivity contribution in [2.45, 2.75) is 32.7 Å². The van der Waals surface area contributed by atoms with Gasteiger partial charge in [0.15, 0.2) is 0 Å². The van der Waals surface area contributed by atoms with E-state index in [2.05, 4.69) is 40.6 Å². The quantitative estimate of drug-likeness (QED) is 0.805. The number of aromatic nitrogens is 4. The normalized spacial score (nSPS) is 19.0. The van der Waals surface area contributed by atoms with Gasteiger partial charge in [0, 0.05) is 18.0 Å². The molecule has 3 heterocycles. The van der Waals surface area contributed by atoms with Gasteiger partial charge in [-0.3, -0.25) is 4.90 Å². The Labute approximate surface area is 132 Å². The fourth-order valence-electron chi connectivity index (χ4n) is 2.47. The van der Waals surface area contributed by atoms with E-state index in [9.17, 15) is 0 Å². The standard InChI is InChI=1S/C13H19N5OS2/c1-13(2)9-16(5-6-19-13)10-18-12(20)17(14-15-18)8-11-4-3-7-21-11/h3-4,7H,5-6,8-10H2,1-2H3. The topological polar surface area (TPSA) is 48.1 Å². The third kappa shape index (κ3) is 3.57. The molecule has 0 bridgehead atoms. The van der Waals surface area contributed by atoms with Gasteiger partial charge in [-0.1, -0.05) is 6.07 Å². The molecular formula is C13H19N5OS2. The van der Waals surface area contributed by atoms with E-state index >= 15 is 0 Å². The summed E-state index contributed by atoms with van der Waals surface area (Å²) in [6.45, 7) is 8.05. The molecular weight excluding hydrogens is 306 g/mol. The minimum absolute atomic E-state index is 0.118. The number of hydrogen-bond donors (Lipinski definition) is 0. The zero-order valence-corrected chi connectivity index (χ0v) is 13.9. The molecule has 1 saturated heterocycles. The van der Waals surface area contributed by atoms with Gasteiger partial charge in [0.2, 0.25) is 4.77 Å². The Hall–Kier alpha value is -1.09. The van der Waals surface area contributed by atoms with Crippen molar-refractivity contribution in [3.63, 3.8) is 0 Å². The first-order valence-corrected chi connectivity index (χ1v) is 8.22. The maximum absolute atomic E-state index is 5.72. The van der Waals surface area contributed by atoms with Crippen molar-refractivity contribution in [2.75, 3.05) is 19.7 Å². The van der Waals surface area contributed by atoms with E-state index in [-0.39, 0.29) is 5.60 Å². The molecule has 0 N–H and O–H groups in total. The summed E-state index contributed by atoms with van der Waals surface area (Å²) in [7, 11) is 0. The highest BCUT2D eigenvalue weighted by atomic mass is 32.1. The van der Waals surface area contributed by atoms with Gasteiger partial charge < -0.3 is 4.74 Å². The monoisotopic (exact) mass is 325 g/mol. The first-order chi connectivity index (χ1) is 10.0. The summed E-state index contributed by atoms with van der Waals surface area (Å²) in [5.74, 6) is 0. The van der Waals surface area contributed by atoms with Crippen LogP contribution in [0.5, 0.6) is 0 Å². The second kappa shape index (κ2) is 5.96. The van der Waals surface area contributed by atoms with E-state index in [0.29, 0.717) is 18.0 Å². The van der Waals surface area contributed by atoms with Crippen LogP contribution in [-0.4, -0.2) is 50.0 Å². The van der Waals surface area contributed by atoms with Crippen LogP contribution in [0.25, 0.3) is 0 Å². The van der Waals surface area contributed by atoms with E-state index in [1.54, 1.807) is 20.7 Å². The number of hydrogen-bond acceptors (Lipinski definition) is 6. The molecule has 1 aliphatic heterocycles. The summed E-state index contributed by atoms with van der Waals surface area (Å²) in [6.07, 6.45) is 0. The molecule has 0 amide bonds. The Morgan fingerprint density at radius 1 is 1.38 bits per heavy atom. The van der Waals surface area contributed by atoms with Crippen LogP contribution >= 0.6 is 23.6 Å².